The summed E-state index contributed by atoms with van der Waals surface area (Å²) in [5, 5.41) is 4.05. The quantitative estimate of drug-likeness (QED) is 0.878. The van der Waals surface area contributed by atoms with E-state index in [1.54, 1.807) is 6.20 Å². The highest BCUT2D eigenvalue weighted by Gasteiger charge is 2.24. The molecular formula is C16H19N3O. The number of hydrogen-bond acceptors (Lipinski definition) is 3. The Morgan fingerprint density at radius 1 is 1.20 bits per heavy atom. The number of carbonyl (C=O) groups excluding carboxylic acids is 1. The summed E-state index contributed by atoms with van der Waals surface area (Å²) in [6, 6.07) is 9.65. The molecule has 3 rings (SSSR count). The minimum Gasteiger partial charge on any atom is -0.348 e. The van der Waals surface area contributed by atoms with Crippen LogP contribution >= 0.6 is 0 Å². The van der Waals surface area contributed by atoms with Gasteiger partial charge in [-0.05, 0) is 25.0 Å². The summed E-state index contributed by atoms with van der Waals surface area (Å²) in [4.78, 5) is 16.8. The first-order chi connectivity index (χ1) is 9.75. The molecule has 3 N–H and O–H groups in total. The van der Waals surface area contributed by atoms with Crippen LogP contribution in [0.5, 0.6) is 0 Å². The molecule has 4 nitrogen and oxygen atoms in total. The van der Waals surface area contributed by atoms with Gasteiger partial charge in [0.2, 0.25) is 0 Å². The normalized spacial score (nSPS) is 22.6. The fourth-order valence-corrected chi connectivity index (χ4v) is 2.87. The van der Waals surface area contributed by atoms with Crippen LogP contribution in [0.3, 0.4) is 0 Å². The number of para-hydroxylation sites is 1. The van der Waals surface area contributed by atoms with Crippen LogP contribution in [0, 0.1) is 0 Å². The Morgan fingerprint density at radius 3 is 2.85 bits per heavy atom. The zero-order valence-electron chi connectivity index (χ0n) is 11.4. The number of rotatable bonds is 2. The molecule has 1 fully saturated rings. The molecule has 0 spiro atoms. The number of benzene rings is 1. The van der Waals surface area contributed by atoms with Crippen molar-refractivity contribution in [3.63, 3.8) is 0 Å². The third kappa shape index (κ3) is 2.51. The number of fused-ring (bicyclic) bond motifs is 1. The van der Waals surface area contributed by atoms with Crippen LogP contribution in [0.1, 0.15) is 36.0 Å². The fraction of sp³-hybridized carbons (Fsp3) is 0.375. The summed E-state index contributed by atoms with van der Waals surface area (Å²) in [5.74, 6) is -0.0725. The minimum atomic E-state index is -0.0725. The van der Waals surface area contributed by atoms with E-state index in [9.17, 15) is 4.79 Å². The van der Waals surface area contributed by atoms with E-state index in [-0.39, 0.29) is 18.0 Å². The van der Waals surface area contributed by atoms with Gasteiger partial charge in [-0.15, -0.1) is 0 Å². The van der Waals surface area contributed by atoms with Crippen molar-refractivity contribution < 1.29 is 4.79 Å². The molecule has 1 amide bonds. The predicted octanol–water partition coefficient (Wildman–Crippen LogP) is 2.23. The molecule has 2 aromatic rings. The van der Waals surface area contributed by atoms with Crippen molar-refractivity contribution in [1.29, 1.82) is 0 Å². The summed E-state index contributed by atoms with van der Waals surface area (Å²) in [7, 11) is 0. The van der Waals surface area contributed by atoms with Crippen LogP contribution in [-0.4, -0.2) is 23.0 Å². The molecule has 104 valence electrons. The highest BCUT2D eigenvalue weighted by Crippen LogP contribution is 2.19. The maximum absolute atomic E-state index is 12.5. The molecule has 2 atom stereocenters. The number of pyridine rings is 1. The average Bonchev–Trinajstić information content (AvgIpc) is 2.49. The lowest BCUT2D eigenvalue weighted by molar-refractivity contribution is 0.0923. The van der Waals surface area contributed by atoms with Crippen molar-refractivity contribution in [2.45, 2.75) is 37.8 Å². The number of amides is 1. The van der Waals surface area contributed by atoms with E-state index in [0.717, 1.165) is 36.6 Å². The molecule has 0 radical (unpaired) electrons. The number of nitrogens with zero attached hydrogens (tertiary/aromatic N) is 1. The first-order valence-electron chi connectivity index (χ1n) is 7.16. The maximum atomic E-state index is 12.5. The fourth-order valence-electron chi connectivity index (χ4n) is 2.87. The third-order valence-corrected chi connectivity index (χ3v) is 4.01. The van der Waals surface area contributed by atoms with Gasteiger partial charge in [-0.1, -0.05) is 31.0 Å². The topological polar surface area (TPSA) is 68.0 Å². The molecule has 1 saturated carbocycles. The molecule has 1 aromatic carbocycles. The van der Waals surface area contributed by atoms with Gasteiger partial charge in [0.25, 0.3) is 5.91 Å². The SMILES string of the molecule is N[C@@H]1CCCC[C@H]1NC(=O)c1cccc2cccnc12. The first kappa shape index (κ1) is 13.1. The summed E-state index contributed by atoms with van der Waals surface area (Å²) in [6.07, 6.45) is 5.95. The second-order valence-electron chi connectivity index (χ2n) is 5.41. The maximum Gasteiger partial charge on any atom is 0.253 e. The van der Waals surface area contributed by atoms with E-state index < -0.39 is 0 Å². The van der Waals surface area contributed by atoms with E-state index >= 15 is 0 Å². The lowest BCUT2D eigenvalue weighted by atomic mass is 9.91. The number of nitrogens with one attached hydrogen (secondary N) is 1. The monoisotopic (exact) mass is 269 g/mol. The highest BCUT2D eigenvalue weighted by molar-refractivity contribution is 6.05. The van der Waals surface area contributed by atoms with E-state index in [0.29, 0.717) is 5.56 Å². The summed E-state index contributed by atoms with van der Waals surface area (Å²) in [6.45, 7) is 0. The van der Waals surface area contributed by atoms with Crippen LogP contribution in [0.15, 0.2) is 36.5 Å². The van der Waals surface area contributed by atoms with Crippen LogP contribution in [0.2, 0.25) is 0 Å². The van der Waals surface area contributed by atoms with E-state index in [1.807, 2.05) is 30.3 Å². The molecule has 1 aliphatic carbocycles. The van der Waals surface area contributed by atoms with Crippen molar-refractivity contribution in [3.05, 3.63) is 42.1 Å². The average molecular weight is 269 g/mol. The standard InChI is InChI=1S/C16H19N3O/c17-13-8-1-2-9-14(13)19-16(20)12-7-3-5-11-6-4-10-18-15(11)12/h3-7,10,13-14H,1-2,8-9,17H2,(H,19,20)/t13-,14-/m1/s1. The van der Waals surface area contributed by atoms with Gasteiger partial charge in [-0.25, -0.2) is 0 Å². The molecule has 20 heavy (non-hydrogen) atoms. The van der Waals surface area contributed by atoms with Gasteiger partial charge in [0.1, 0.15) is 0 Å². The van der Waals surface area contributed by atoms with E-state index in [4.69, 9.17) is 5.73 Å². The summed E-state index contributed by atoms with van der Waals surface area (Å²) >= 11 is 0. The molecule has 4 heteroatoms. The molecule has 0 aliphatic heterocycles. The van der Waals surface area contributed by atoms with Gasteiger partial charge in [0, 0.05) is 23.7 Å². The Bertz CT molecular complexity index is 621. The van der Waals surface area contributed by atoms with Gasteiger partial charge in [0.15, 0.2) is 0 Å². The molecule has 0 bridgehead atoms. The number of hydrogen-bond donors (Lipinski definition) is 2. The molecule has 0 unspecified atom stereocenters. The van der Waals surface area contributed by atoms with Crippen molar-refractivity contribution in [1.82, 2.24) is 10.3 Å². The molecular weight excluding hydrogens is 250 g/mol. The van der Waals surface area contributed by atoms with E-state index in [1.165, 1.54) is 0 Å². The summed E-state index contributed by atoms with van der Waals surface area (Å²) < 4.78 is 0. The Morgan fingerprint density at radius 2 is 2.00 bits per heavy atom. The Labute approximate surface area is 118 Å². The van der Waals surface area contributed by atoms with E-state index in [2.05, 4.69) is 10.3 Å². The number of aromatic nitrogens is 1. The number of carbonyl (C=O) groups is 1. The van der Waals surface area contributed by atoms with Crippen LogP contribution in [0.25, 0.3) is 10.9 Å². The molecule has 0 saturated heterocycles. The third-order valence-electron chi connectivity index (χ3n) is 4.01. The Kier molecular flexibility index (Phi) is 3.65. The lowest BCUT2D eigenvalue weighted by Gasteiger charge is -2.29. The second-order valence-corrected chi connectivity index (χ2v) is 5.41. The lowest BCUT2D eigenvalue weighted by Crippen LogP contribution is -2.49. The van der Waals surface area contributed by atoms with Crippen molar-refractivity contribution in [2.24, 2.45) is 5.73 Å². The van der Waals surface area contributed by atoms with Crippen molar-refractivity contribution in [2.75, 3.05) is 0 Å². The zero-order valence-corrected chi connectivity index (χ0v) is 11.4. The number of nitrogens with two attached hydrogens (primary N) is 1. The molecule has 1 aromatic heterocycles. The van der Waals surface area contributed by atoms with Crippen molar-refractivity contribution >= 4 is 16.8 Å². The zero-order chi connectivity index (χ0) is 13.9. The van der Waals surface area contributed by atoms with Gasteiger partial charge < -0.3 is 11.1 Å². The van der Waals surface area contributed by atoms with Crippen molar-refractivity contribution in [3.8, 4) is 0 Å². The minimum absolute atomic E-state index is 0.0654. The molecule has 1 heterocycles. The largest absolute Gasteiger partial charge is 0.348 e. The van der Waals surface area contributed by atoms with Gasteiger partial charge in [-0.3, -0.25) is 9.78 Å². The highest BCUT2D eigenvalue weighted by atomic mass is 16.1. The smallest absolute Gasteiger partial charge is 0.253 e. The van der Waals surface area contributed by atoms with Gasteiger partial charge in [-0.2, -0.15) is 0 Å². The first-order valence-corrected chi connectivity index (χ1v) is 7.16. The predicted molar refractivity (Wildman–Crippen MR) is 79.4 cm³/mol. The Hall–Kier alpha value is -1.94. The Balaban J connectivity index is 1.85. The summed E-state index contributed by atoms with van der Waals surface area (Å²) in [5.41, 5.74) is 7.46. The van der Waals surface area contributed by atoms with Crippen LogP contribution in [0.4, 0.5) is 0 Å². The van der Waals surface area contributed by atoms with Gasteiger partial charge in [0.05, 0.1) is 11.1 Å². The second kappa shape index (κ2) is 5.59. The van der Waals surface area contributed by atoms with Gasteiger partial charge >= 0.3 is 0 Å². The van der Waals surface area contributed by atoms with Crippen LogP contribution in [-0.2, 0) is 0 Å². The molecule has 1 aliphatic rings. The van der Waals surface area contributed by atoms with Crippen LogP contribution < -0.4 is 11.1 Å².